The number of sulfonamides is 1. The van der Waals surface area contributed by atoms with Gasteiger partial charge in [-0.25, -0.2) is 8.42 Å². The van der Waals surface area contributed by atoms with Crippen LogP contribution < -0.4 is 14.8 Å². The zero-order valence-electron chi connectivity index (χ0n) is 18.3. The van der Waals surface area contributed by atoms with E-state index >= 15 is 0 Å². The number of aliphatic hydroxyl groups excluding tert-OH is 1. The summed E-state index contributed by atoms with van der Waals surface area (Å²) in [6, 6.07) is 2.82. The molecule has 3 N–H and O–H groups in total. The van der Waals surface area contributed by atoms with E-state index in [9.17, 15) is 17.9 Å². The summed E-state index contributed by atoms with van der Waals surface area (Å²) in [5.41, 5.74) is 0.349. The second-order valence-corrected chi connectivity index (χ2v) is 9.51. The lowest BCUT2D eigenvalue weighted by Gasteiger charge is -2.19. The average molecular weight is 457 g/mol. The van der Waals surface area contributed by atoms with Crippen molar-refractivity contribution in [2.24, 2.45) is 5.92 Å². The lowest BCUT2D eigenvalue weighted by molar-refractivity contribution is 0.259. The molecule has 0 saturated carbocycles. The molecule has 0 spiro atoms. The number of halogens is 1. The molecule has 0 aliphatic rings. The largest absolute Gasteiger partial charge is 0.481 e. The molecule has 0 amide bonds. The maximum Gasteiger partial charge on any atom is 0.241 e. The fourth-order valence-electron chi connectivity index (χ4n) is 3.01. The number of anilines is 2. The van der Waals surface area contributed by atoms with Crippen molar-refractivity contribution < 1.29 is 22.7 Å². The van der Waals surface area contributed by atoms with Gasteiger partial charge in [-0.2, -0.15) is 24.3 Å². The molecule has 2 rings (SSSR count). The molecular weight excluding hydrogens is 427 g/mol. The van der Waals surface area contributed by atoms with Crippen LogP contribution >= 0.6 is 0 Å². The van der Waals surface area contributed by atoms with Crippen molar-refractivity contribution >= 4 is 21.9 Å². The van der Waals surface area contributed by atoms with Gasteiger partial charge in [0, 0.05) is 18.1 Å². The number of hydrogen-bond acceptors (Lipinski definition) is 9. The Bertz CT molecular complexity index is 989. The summed E-state index contributed by atoms with van der Waals surface area (Å²) >= 11 is 0. The Morgan fingerprint density at radius 3 is 2.35 bits per heavy atom. The number of hydrogen-bond donors (Lipinski definition) is 3. The van der Waals surface area contributed by atoms with Gasteiger partial charge in [-0.15, -0.1) is 0 Å². The summed E-state index contributed by atoms with van der Waals surface area (Å²) in [4.78, 5) is 16.3. The summed E-state index contributed by atoms with van der Waals surface area (Å²) in [7, 11) is -2.22. The van der Waals surface area contributed by atoms with Crippen LogP contribution in [0.25, 0.3) is 0 Å². The van der Waals surface area contributed by atoms with Crippen LogP contribution in [0.3, 0.4) is 0 Å². The first-order chi connectivity index (χ1) is 14.5. The van der Waals surface area contributed by atoms with Crippen LogP contribution in [0.15, 0.2) is 12.1 Å². The van der Waals surface area contributed by atoms with E-state index in [2.05, 4.69) is 30.0 Å². The molecule has 0 saturated heterocycles. The van der Waals surface area contributed by atoms with Crippen molar-refractivity contribution in [2.45, 2.75) is 45.6 Å². The first kappa shape index (κ1) is 24.7. The zero-order valence-corrected chi connectivity index (χ0v) is 19.1. The van der Waals surface area contributed by atoms with Gasteiger partial charge in [-0.1, -0.05) is 20.8 Å². The van der Waals surface area contributed by atoms with E-state index in [4.69, 9.17) is 4.74 Å². The standard InChI is InChI=1S/C19H29FN6O4S/c1-11(2)8-13(10-27)21-18-22-15(23-19(25-18)26-31(5,28)29)9-12(3)14-6-7-16(30-4)24-17(14)20/h6-7,11-13,27H,8-10H2,1-5H3,(H2,21,22,23,25,26). The van der Waals surface area contributed by atoms with E-state index < -0.39 is 16.0 Å². The molecule has 10 nitrogen and oxygen atoms in total. The first-order valence-corrected chi connectivity index (χ1v) is 11.7. The minimum absolute atomic E-state index is 0.122. The van der Waals surface area contributed by atoms with Crippen molar-refractivity contribution in [3.63, 3.8) is 0 Å². The van der Waals surface area contributed by atoms with Crippen molar-refractivity contribution in [2.75, 3.05) is 30.0 Å². The minimum Gasteiger partial charge on any atom is -0.481 e. The van der Waals surface area contributed by atoms with E-state index in [0.29, 0.717) is 17.9 Å². The molecule has 2 atom stereocenters. The van der Waals surface area contributed by atoms with Gasteiger partial charge in [0.25, 0.3) is 0 Å². The SMILES string of the molecule is COc1ccc(C(C)Cc2nc(NC(CO)CC(C)C)nc(NS(C)(=O)=O)n2)c(F)n1. The Kier molecular flexibility index (Phi) is 8.45. The monoisotopic (exact) mass is 456 g/mol. The zero-order chi connectivity index (χ0) is 23.2. The van der Waals surface area contributed by atoms with E-state index in [1.54, 1.807) is 19.1 Å². The number of rotatable bonds is 11. The Morgan fingerprint density at radius 1 is 1.13 bits per heavy atom. The van der Waals surface area contributed by atoms with E-state index in [1.807, 2.05) is 13.8 Å². The molecule has 31 heavy (non-hydrogen) atoms. The Balaban J connectivity index is 2.33. The highest BCUT2D eigenvalue weighted by Crippen LogP contribution is 2.24. The second-order valence-electron chi connectivity index (χ2n) is 7.77. The third kappa shape index (κ3) is 7.87. The molecule has 0 aliphatic heterocycles. The highest BCUT2D eigenvalue weighted by atomic mass is 32.2. The van der Waals surface area contributed by atoms with Gasteiger partial charge in [-0.3, -0.25) is 4.72 Å². The van der Waals surface area contributed by atoms with E-state index in [-0.39, 0.29) is 48.6 Å². The van der Waals surface area contributed by atoms with Crippen LogP contribution in [-0.4, -0.2) is 59.5 Å². The lowest BCUT2D eigenvalue weighted by atomic mass is 9.99. The third-order valence-electron chi connectivity index (χ3n) is 4.35. The minimum atomic E-state index is -3.62. The number of nitrogens with zero attached hydrogens (tertiary/aromatic N) is 4. The summed E-state index contributed by atoms with van der Waals surface area (Å²) in [6.45, 7) is 5.66. The molecular formula is C19H29FN6O4S. The van der Waals surface area contributed by atoms with Crippen LogP contribution in [0.4, 0.5) is 16.3 Å². The first-order valence-electron chi connectivity index (χ1n) is 9.81. The molecule has 172 valence electrons. The molecule has 2 aromatic heterocycles. The molecule has 0 aromatic carbocycles. The van der Waals surface area contributed by atoms with Gasteiger partial charge in [0.15, 0.2) is 0 Å². The molecule has 0 bridgehead atoms. The van der Waals surface area contributed by atoms with Gasteiger partial charge in [0.05, 0.1) is 26.0 Å². The summed E-state index contributed by atoms with van der Waals surface area (Å²) < 4.78 is 44.8. The maximum absolute atomic E-state index is 14.3. The Labute approximate surface area is 181 Å². The van der Waals surface area contributed by atoms with Crippen LogP contribution in [0.2, 0.25) is 0 Å². The van der Waals surface area contributed by atoms with Crippen LogP contribution in [0.5, 0.6) is 5.88 Å². The van der Waals surface area contributed by atoms with Gasteiger partial charge >= 0.3 is 0 Å². The Morgan fingerprint density at radius 2 is 1.81 bits per heavy atom. The third-order valence-corrected chi connectivity index (χ3v) is 4.90. The van der Waals surface area contributed by atoms with Crippen LogP contribution in [0.1, 0.15) is 44.5 Å². The normalized spacial score (nSPS) is 13.7. The second kappa shape index (κ2) is 10.6. The quantitative estimate of drug-likeness (QED) is 0.433. The van der Waals surface area contributed by atoms with Gasteiger partial charge in [0.2, 0.25) is 33.7 Å². The van der Waals surface area contributed by atoms with Crippen molar-refractivity contribution in [3.8, 4) is 5.88 Å². The molecule has 0 radical (unpaired) electrons. The molecule has 12 heteroatoms. The van der Waals surface area contributed by atoms with Crippen LogP contribution in [-0.2, 0) is 16.4 Å². The molecule has 2 unspecified atom stereocenters. The number of pyridine rings is 1. The number of ether oxygens (including phenoxy) is 1. The highest BCUT2D eigenvalue weighted by molar-refractivity contribution is 7.91. The average Bonchev–Trinajstić information content (AvgIpc) is 2.65. The molecule has 2 aromatic rings. The van der Waals surface area contributed by atoms with Gasteiger partial charge in [-0.05, 0) is 24.3 Å². The smallest absolute Gasteiger partial charge is 0.241 e. The van der Waals surface area contributed by atoms with Crippen molar-refractivity contribution in [1.82, 2.24) is 19.9 Å². The summed E-state index contributed by atoms with van der Waals surface area (Å²) in [6.07, 6.45) is 1.85. The van der Waals surface area contributed by atoms with E-state index in [1.165, 1.54) is 7.11 Å². The van der Waals surface area contributed by atoms with Crippen molar-refractivity contribution in [1.29, 1.82) is 0 Å². The van der Waals surface area contributed by atoms with E-state index in [0.717, 1.165) is 6.26 Å². The van der Waals surface area contributed by atoms with Crippen LogP contribution in [0, 0.1) is 11.9 Å². The van der Waals surface area contributed by atoms with Gasteiger partial charge in [0.1, 0.15) is 5.82 Å². The predicted octanol–water partition coefficient (Wildman–Crippen LogP) is 1.95. The predicted molar refractivity (Wildman–Crippen MR) is 115 cm³/mol. The lowest BCUT2D eigenvalue weighted by Crippen LogP contribution is -2.27. The fourth-order valence-corrected chi connectivity index (χ4v) is 3.43. The topological polar surface area (TPSA) is 139 Å². The fraction of sp³-hybridized carbons (Fsp3) is 0.579. The number of nitrogens with one attached hydrogen (secondary N) is 2. The molecule has 2 heterocycles. The maximum atomic E-state index is 14.3. The highest BCUT2D eigenvalue weighted by Gasteiger charge is 2.19. The Hall–Kier alpha value is -2.60. The number of aliphatic hydroxyl groups is 1. The summed E-state index contributed by atoms with van der Waals surface area (Å²) in [5.74, 6) is -0.319. The molecule has 0 aliphatic carbocycles. The number of aromatic nitrogens is 4. The summed E-state index contributed by atoms with van der Waals surface area (Å²) in [5, 5.41) is 12.6. The van der Waals surface area contributed by atoms with Gasteiger partial charge < -0.3 is 15.2 Å². The number of methoxy groups -OCH3 is 1. The molecule has 0 fully saturated rings. The van der Waals surface area contributed by atoms with Crippen molar-refractivity contribution in [3.05, 3.63) is 29.5 Å².